The number of ether oxygens (including phenoxy) is 1. The molecule has 0 aromatic heterocycles. The Bertz CT molecular complexity index is 669. The van der Waals surface area contributed by atoms with E-state index in [-0.39, 0.29) is 12.4 Å². The molecule has 1 aromatic rings. The normalized spacial score (nSPS) is 21.0. The minimum Gasteiger partial charge on any atom is -0.378 e. The predicted molar refractivity (Wildman–Crippen MR) is 111 cm³/mol. The summed E-state index contributed by atoms with van der Waals surface area (Å²) in [6.45, 7) is 4.01. The van der Waals surface area contributed by atoms with Gasteiger partial charge in [0.15, 0.2) is 5.96 Å². The van der Waals surface area contributed by atoms with Crippen LogP contribution in [0, 0.1) is 0 Å². The van der Waals surface area contributed by atoms with Crippen molar-refractivity contribution >= 4 is 15.8 Å². The van der Waals surface area contributed by atoms with E-state index in [1.165, 1.54) is 24.7 Å². The fourth-order valence-corrected chi connectivity index (χ4v) is 3.76. The number of nitrogens with one attached hydrogen (secondary N) is 2. The summed E-state index contributed by atoms with van der Waals surface area (Å²) >= 11 is 0. The topological polar surface area (TPSA) is 79.8 Å². The standard InChI is InChI=1S/C20H33N3O3S/c1-3-21-20(22-13-14-26-15-16-27(2,24)25)23-19-11-9-18(10-12-19)17-7-5-4-6-8-17/h4-8,18-19H,3,9-16H2,1-2H3,(H2,21,22,23). The largest absolute Gasteiger partial charge is 0.378 e. The SMILES string of the molecule is CCNC(=NCCOCCS(C)(=O)=O)NC1CCC(c2ccccc2)CC1. The minimum atomic E-state index is -2.97. The number of hydrogen-bond acceptors (Lipinski definition) is 4. The van der Waals surface area contributed by atoms with Gasteiger partial charge in [0.25, 0.3) is 0 Å². The molecule has 7 heteroatoms. The van der Waals surface area contributed by atoms with Gasteiger partial charge in [0, 0.05) is 18.8 Å². The van der Waals surface area contributed by atoms with Crippen molar-refractivity contribution in [3.05, 3.63) is 35.9 Å². The van der Waals surface area contributed by atoms with Crippen molar-refractivity contribution in [2.75, 3.05) is 38.3 Å². The van der Waals surface area contributed by atoms with Crippen LogP contribution in [-0.4, -0.2) is 58.7 Å². The van der Waals surface area contributed by atoms with Crippen LogP contribution in [0.4, 0.5) is 0 Å². The van der Waals surface area contributed by atoms with Gasteiger partial charge in [-0.1, -0.05) is 30.3 Å². The number of benzene rings is 1. The second kappa shape index (κ2) is 11.3. The summed E-state index contributed by atoms with van der Waals surface area (Å²) in [5.74, 6) is 1.53. The van der Waals surface area contributed by atoms with Gasteiger partial charge in [0.1, 0.15) is 9.84 Å². The van der Waals surface area contributed by atoms with Gasteiger partial charge in [0.05, 0.1) is 25.5 Å². The molecular formula is C20H33N3O3S. The van der Waals surface area contributed by atoms with E-state index in [4.69, 9.17) is 4.74 Å². The summed E-state index contributed by atoms with van der Waals surface area (Å²) in [6, 6.07) is 11.2. The third kappa shape index (κ3) is 8.75. The van der Waals surface area contributed by atoms with Crippen molar-refractivity contribution in [3.63, 3.8) is 0 Å². The van der Waals surface area contributed by atoms with Crippen LogP contribution < -0.4 is 10.6 Å². The van der Waals surface area contributed by atoms with Crippen molar-refractivity contribution in [3.8, 4) is 0 Å². The number of aliphatic imine (C=N–C) groups is 1. The van der Waals surface area contributed by atoms with E-state index in [1.807, 2.05) is 6.92 Å². The summed E-state index contributed by atoms with van der Waals surface area (Å²) in [7, 11) is -2.97. The van der Waals surface area contributed by atoms with E-state index < -0.39 is 9.84 Å². The first kappa shape index (κ1) is 21.7. The van der Waals surface area contributed by atoms with E-state index in [1.54, 1.807) is 0 Å². The van der Waals surface area contributed by atoms with Crippen molar-refractivity contribution in [2.24, 2.45) is 4.99 Å². The Balaban J connectivity index is 1.72. The average molecular weight is 396 g/mol. The summed E-state index contributed by atoms with van der Waals surface area (Å²) in [4.78, 5) is 4.54. The smallest absolute Gasteiger partial charge is 0.191 e. The summed E-state index contributed by atoms with van der Waals surface area (Å²) in [6.07, 6.45) is 5.86. The molecule has 1 aliphatic carbocycles. The molecular weight excluding hydrogens is 362 g/mol. The predicted octanol–water partition coefficient (Wildman–Crippen LogP) is 2.33. The van der Waals surface area contributed by atoms with Crippen LogP contribution in [-0.2, 0) is 14.6 Å². The average Bonchev–Trinajstić information content (AvgIpc) is 2.65. The van der Waals surface area contributed by atoms with Gasteiger partial charge in [-0.3, -0.25) is 4.99 Å². The Morgan fingerprint density at radius 2 is 1.85 bits per heavy atom. The highest BCUT2D eigenvalue weighted by Gasteiger charge is 2.22. The Hall–Kier alpha value is -1.60. The minimum absolute atomic E-state index is 0.0552. The molecule has 0 unspecified atom stereocenters. The maximum absolute atomic E-state index is 11.1. The summed E-state index contributed by atoms with van der Waals surface area (Å²) in [5, 5.41) is 6.81. The summed E-state index contributed by atoms with van der Waals surface area (Å²) < 4.78 is 27.5. The number of hydrogen-bond donors (Lipinski definition) is 2. The highest BCUT2D eigenvalue weighted by atomic mass is 32.2. The molecule has 0 heterocycles. The molecule has 2 N–H and O–H groups in total. The quantitative estimate of drug-likeness (QED) is 0.381. The summed E-state index contributed by atoms with van der Waals surface area (Å²) in [5.41, 5.74) is 1.45. The van der Waals surface area contributed by atoms with Crippen molar-refractivity contribution in [1.82, 2.24) is 10.6 Å². The number of sulfone groups is 1. The monoisotopic (exact) mass is 395 g/mol. The van der Waals surface area contributed by atoms with Crippen LogP contribution in [0.1, 0.15) is 44.1 Å². The molecule has 1 saturated carbocycles. The Kier molecular flexibility index (Phi) is 9.07. The molecule has 1 aliphatic rings. The van der Waals surface area contributed by atoms with Gasteiger partial charge in [-0.05, 0) is 44.1 Å². The zero-order valence-corrected chi connectivity index (χ0v) is 17.3. The first-order valence-corrected chi connectivity index (χ1v) is 11.9. The molecule has 0 spiro atoms. The van der Waals surface area contributed by atoms with E-state index in [0.29, 0.717) is 25.1 Å². The molecule has 1 aromatic carbocycles. The Morgan fingerprint density at radius 1 is 1.15 bits per heavy atom. The number of guanidine groups is 1. The van der Waals surface area contributed by atoms with Gasteiger partial charge in [-0.2, -0.15) is 0 Å². The lowest BCUT2D eigenvalue weighted by molar-refractivity contribution is 0.157. The molecule has 27 heavy (non-hydrogen) atoms. The van der Waals surface area contributed by atoms with Gasteiger partial charge in [-0.15, -0.1) is 0 Å². The van der Waals surface area contributed by atoms with Crippen LogP contribution in [0.5, 0.6) is 0 Å². The van der Waals surface area contributed by atoms with Gasteiger partial charge < -0.3 is 15.4 Å². The highest BCUT2D eigenvalue weighted by Crippen LogP contribution is 2.32. The second-order valence-electron chi connectivity index (χ2n) is 7.11. The Morgan fingerprint density at radius 3 is 2.48 bits per heavy atom. The van der Waals surface area contributed by atoms with Gasteiger partial charge in [-0.25, -0.2) is 8.42 Å². The van der Waals surface area contributed by atoms with Gasteiger partial charge >= 0.3 is 0 Å². The molecule has 0 bridgehead atoms. The van der Waals surface area contributed by atoms with Crippen LogP contribution in [0.3, 0.4) is 0 Å². The highest BCUT2D eigenvalue weighted by molar-refractivity contribution is 7.90. The molecule has 6 nitrogen and oxygen atoms in total. The lowest BCUT2D eigenvalue weighted by Gasteiger charge is -2.30. The van der Waals surface area contributed by atoms with E-state index >= 15 is 0 Å². The molecule has 152 valence electrons. The fourth-order valence-electron chi connectivity index (χ4n) is 3.34. The lowest BCUT2D eigenvalue weighted by Crippen LogP contribution is -2.44. The first-order valence-electron chi connectivity index (χ1n) is 9.83. The molecule has 0 amide bonds. The third-order valence-corrected chi connectivity index (χ3v) is 5.70. The van der Waals surface area contributed by atoms with Crippen molar-refractivity contribution in [1.29, 1.82) is 0 Å². The molecule has 1 fully saturated rings. The van der Waals surface area contributed by atoms with Crippen LogP contribution >= 0.6 is 0 Å². The zero-order chi connectivity index (χ0) is 19.5. The Labute approximate surface area is 163 Å². The van der Waals surface area contributed by atoms with Crippen LogP contribution in [0.25, 0.3) is 0 Å². The van der Waals surface area contributed by atoms with Crippen molar-refractivity contribution in [2.45, 2.75) is 44.6 Å². The fraction of sp³-hybridized carbons (Fsp3) is 0.650. The second-order valence-corrected chi connectivity index (χ2v) is 9.37. The van der Waals surface area contributed by atoms with Gasteiger partial charge in [0.2, 0.25) is 0 Å². The number of nitrogens with zero attached hydrogens (tertiary/aromatic N) is 1. The van der Waals surface area contributed by atoms with Crippen LogP contribution in [0.15, 0.2) is 35.3 Å². The van der Waals surface area contributed by atoms with E-state index in [2.05, 4.69) is 46.0 Å². The maximum atomic E-state index is 11.1. The molecule has 0 atom stereocenters. The molecule has 0 aliphatic heterocycles. The lowest BCUT2D eigenvalue weighted by atomic mass is 9.82. The molecule has 2 rings (SSSR count). The van der Waals surface area contributed by atoms with E-state index in [0.717, 1.165) is 25.3 Å². The first-order chi connectivity index (χ1) is 13.0. The van der Waals surface area contributed by atoms with Crippen molar-refractivity contribution < 1.29 is 13.2 Å². The number of rotatable bonds is 9. The molecule has 0 saturated heterocycles. The van der Waals surface area contributed by atoms with Crippen LogP contribution in [0.2, 0.25) is 0 Å². The van der Waals surface area contributed by atoms with E-state index in [9.17, 15) is 8.42 Å². The molecule has 0 radical (unpaired) electrons. The maximum Gasteiger partial charge on any atom is 0.191 e. The third-order valence-electron chi connectivity index (χ3n) is 4.79. The zero-order valence-electron chi connectivity index (χ0n) is 16.5.